The second-order valence-electron chi connectivity index (χ2n) is 5.91. The van der Waals surface area contributed by atoms with E-state index in [0.717, 1.165) is 0 Å². The highest BCUT2D eigenvalue weighted by Crippen LogP contribution is 2.30. The first-order valence-corrected chi connectivity index (χ1v) is 9.76. The third-order valence-electron chi connectivity index (χ3n) is 4.35. The predicted octanol–water partition coefficient (Wildman–Crippen LogP) is 5.11. The highest BCUT2D eigenvalue weighted by molar-refractivity contribution is 14.1. The molecule has 0 nitrogen and oxygen atoms in total. The molecule has 3 heteroatoms. The maximum absolute atomic E-state index is 2.47. The van der Waals surface area contributed by atoms with Crippen LogP contribution in [0, 0.1) is 21.0 Å². The first-order chi connectivity index (χ1) is 11.0. The van der Waals surface area contributed by atoms with Crippen LogP contribution in [0.15, 0.2) is 54.6 Å². The smallest absolute Gasteiger partial charge is 0.0807 e. The van der Waals surface area contributed by atoms with Gasteiger partial charge in [-0.15, -0.1) is 0 Å². The number of halogens is 2. The van der Waals surface area contributed by atoms with E-state index < -0.39 is 0 Å². The first kappa shape index (κ1) is 17.0. The van der Waals surface area contributed by atoms with Gasteiger partial charge in [-0.2, -0.15) is 0 Å². The summed E-state index contributed by atoms with van der Waals surface area (Å²) < 4.78 is 2.62. The van der Waals surface area contributed by atoms with E-state index in [2.05, 4.69) is 121 Å². The maximum Gasteiger partial charge on any atom is 0.140 e. The minimum atomic E-state index is 1.27. The lowest BCUT2D eigenvalue weighted by Crippen LogP contribution is -2.07. The summed E-state index contributed by atoms with van der Waals surface area (Å²) in [4.78, 5) is 0. The van der Waals surface area contributed by atoms with Crippen molar-refractivity contribution < 1.29 is 0 Å². The average Bonchev–Trinajstić information content (AvgIpc) is 2.54. The van der Waals surface area contributed by atoms with Gasteiger partial charge in [-0.3, -0.25) is 0 Å². The highest BCUT2D eigenvalue weighted by atomic mass is 127. The van der Waals surface area contributed by atoms with Gasteiger partial charge in [0.25, 0.3) is 0 Å². The molecule has 0 aliphatic heterocycles. The van der Waals surface area contributed by atoms with E-state index in [4.69, 9.17) is 0 Å². The molecule has 0 fully saturated rings. The van der Waals surface area contributed by atoms with Crippen LogP contribution in [0.5, 0.6) is 0 Å². The van der Waals surface area contributed by atoms with Gasteiger partial charge in [0.1, 0.15) is 7.85 Å². The standard InChI is InChI=1S/C20H17BI2/c1-12-3-9-18(20(23)13(12)2)15-6-10-17(19(21)11-15)14-4-7-16(22)8-5-14/h3-11H,21H2,1-2H3. The first-order valence-electron chi connectivity index (χ1n) is 7.60. The fourth-order valence-corrected chi connectivity index (χ4v) is 4.07. The fraction of sp³-hybridized carbons (Fsp3) is 0.100. The Morgan fingerprint density at radius 1 is 0.739 bits per heavy atom. The van der Waals surface area contributed by atoms with Gasteiger partial charge in [-0.25, -0.2) is 0 Å². The lowest BCUT2D eigenvalue weighted by atomic mass is 9.84. The lowest BCUT2D eigenvalue weighted by molar-refractivity contribution is 1.31. The summed E-state index contributed by atoms with van der Waals surface area (Å²) in [5.41, 5.74) is 9.26. The summed E-state index contributed by atoms with van der Waals surface area (Å²) >= 11 is 4.81. The Bertz CT molecular complexity index is 868. The van der Waals surface area contributed by atoms with Crippen molar-refractivity contribution in [3.8, 4) is 22.3 Å². The van der Waals surface area contributed by atoms with Crippen LogP contribution in [-0.4, -0.2) is 7.85 Å². The monoisotopic (exact) mass is 522 g/mol. The normalized spacial score (nSPS) is 10.8. The summed E-state index contributed by atoms with van der Waals surface area (Å²) in [6, 6.07) is 20.0. The third-order valence-corrected chi connectivity index (χ3v) is 6.46. The van der Waals surface area contributed by atoms with E-state index in [1.165, 1.54) is 46.0 Å². The van der Waals surface area contributed by atoms with Crippen molar-refractivity contribution in [2.75, 3.05) is 0 Å². The molecular weight excluding hydrogens is 505 g/mol. The third kappa shape index (κ3) is 3.50. The van der Waals surface area contributed by atoms with Gasteiger partial charge in [0.05, 0.1) is 0 Å². The molecule has 0 unspecified atom stereocenters. The topological polar surface area (TPSA) is 0 Å². The second-order valence-corrected chi connectivity index (χ2v) is 8.23. The van der Waals surface area contributed by atoms with Crippen LogP contribution in [-0.2, 0) is 0 Å². The zero-order valence-corrected chi connectivity index (χ0v) is 17.8. The van der Waals surface area contributed by atoms with Gasteiger partial charge in [-0.1, -0.05) is 47.9 Å². The van der Waals surface area contributed by atoms with Gasteiger partial charge >= 0.3 is 0 Å². The quantitative estimate of drug-likeness (QED) is 0.325. The SMILES string of the molecule is Bc1cc(-c2ccc(C)c(C)c2I)ccc1-c1ccc(I)cc1. The molecule has 23 heavy (non-hydrogen) atoms. The number of aryl methyl sites for hydroxylation is 1. The summed E-state index contributed by atoms with van der Waals surface area (Å²) in [5.74, 6) is 0. The molecule has 3 aromatic carbocycles. The molecule has 0 atom stereocenters. The van der Waals surface area contributed by atoms with Gasteiger partial charge in [-0.05, 0) is 105 Å². The zero-order valence-electron chi connectivity index (χ0n) is 13.5. The van der Waals surface area contributed by atoms with Crippen LogP contribution in [0.2, 0.25) is 0 Å². The Kier molecular flexibility index (Phi) is 5.16. The minimum Gasteiger partial charge on any atom is -0.0807 e. The molecule has 0 spiro atoms. The van der Waals surface area contributed by atoms with Crippen molar-refractivity contribution in [2.24, 2.45) is 0 Å². The van der Waals surface area contributed by atoms with Crippen molar-refractivity contribution in [1.82, 2.24) is 0 Å². The molecule has 0 heterocycles. The van der Waals surface area contributed by atoms with Crippen molar-refractivity contribution in [3.63, 3.8) is 0 Å². The van der Waals surface area contributed by atoms with Gasteiger partial charge in [0.15, 0.2) is 0 Å². The van der Waals surface area contributed by atoms with Crippen molar-refractivity contribution in [3.05, 3.63) is 72.9 Å². The van der Waals surface area contributed by atoms with Crippen LogP contribution in [0.1, 0.15) is 11.1 Å². The fourth-order valence-electron chi connectivity index (χ4n) is 2.79. The molecule has 0 aliphatic carbocycles. The van der Waals surface area contributed by atoms with Gasteiger partial charge < -0.3 is 0 Å². The van der Waals surface area contributed by atoms with E-state index >= 15 is 0 Å². The molecule has 0 N–H and O–H groups in total. The largest absolute Gasteiger partial charge is 0.140 e. The Labute approximate surface area is 166 Å². The van der Waals surface area contributed by atoms with Crippen molar-refractivity contribution in [1.29, 1.82) is 0 Å². The van der Waals surface area contributed by atoms with Gasteiger partial charge in [0.2, 0.25) is 0 Å². The lowest BCUT2D eigenvalue weighted by Gasteiger charge is -2.13. The average molecular weight is 522 g/mol. The second kappa shape index (κ2) is 6.97. The summed E-state index contributed by atoms with van der Waals surface area (Å²) in [5, 5.41) is 0. The van der Waals surface area contributed by atoms with E-state index in [1.807, 2.05) is 0 Å². The maximum atomic E-state index is 2.47. The number of benzene rings is 3. The molecule has 0 saturated carbocycles. The van der Waals surface area contributed by atoms with E-state index in [1.54, 1.807) is 0 Å². The van der Waals surface area contributed by atoms with Crippen LogP contribution in [0.4, 0.5) is 0 Å². The zero-order chi connectivity index (χ0) is 16.6. The molecule has 0 aromatic heterocycles. The van der Waals surface area contributed by atoms with Crippen molar-refractivity contribution in [2.45, 2.75) is 13.8 Å². The van der Waals surface area contributed by atoms with Crippen LogP contribution in [0.25, 0.3) is 22.3 Å². The molecule has 114 valence electrons. The molecule has 0 radical (unpaired) electrons. The van der Waals surface area contributed by atoms with Crippen LogP contribution >= 0.6 is 45.2 Å². The van der Waals surface area contributed by atoms with Gasteiger partial charge in [0, 0.05) is 7.14 Å². The highest BCUT2D eigenvalue weighted by Gasteiger charge is 2.09. The predicted molar refractivity (Wildman–Crippen MR) is 120 cm³/mol. The Morgan fingerprint density at radius 3 is 2.00 bits per heavy atom. The van der Waals surface area contributed by atoms with E-state index in [9.17, 15) is 0 Å². The number of hydrogen-bond donors (Lipinski definition) is 0. The Hall–Kier alpha value is -0.815. The molecule has 3 aromatic rings. The summed E-state index contributed by atoms with van der Waals surface area (Å²) in [6.07, 6.45) is 0. The van der Waals surface area contributed by atoms with Crippen molar-refractivity contribution >= 4 is 58.5 Å². The molecule has 0 amide bonds. The van der Waals surface area contributed by atoms with Crippen LogP contribution < -0.4 is 5.46 Å². The van der Waals surface area contributed by atoms with Crippen LogP contribution in [0.3, 0.4) is 0 Å². The summed E-state index contributed by atoms with van der Waals surface area (Å²) in [6.45, 7) is 4.37. The molecular formula is C20H17BI2. The van der Waals surface area contributed by atoms with E-state index in [0.29, 0.717) is 0 Å². The number of hydrogen-bond acceptors (Lipinski definition) is 0. The molecule has 3 rings (SSSR count). The number of rotatable bonds is 2. The molecule has 0 saturated heterocycles. The van der Waals surface area contributed by atoms with E-state index in [-0.39, 0.29) is 0 Å². The minimum absolute atomic E-state index is 1.27. The molecule has 0 bridgehead atoms. The Balaban J connectivity index is 2.06. The Morgan fingerprint density at radius 2 is 1.35 bits per heavy atom. The summed E-state index contributed by atoms with van der Waals surface area (Å²) in [7, 11) is 2.20. The molecule has 0 aliphatic rings.